The minimum Gasteiger partial charge on any atom is -0.327 e. The van der Waals surface area contributed by atoms with E-state index in [-0.39, 0.29) is 0 Å². The molecule has 0 aromatic rings. The molecule has 70 valence electrons. The highest BCUT2D eigenvalue weighted by Crippen LogP contribution is 2.34. The SMILES string of the molecule is CN1CC[C@@H](C(N)C2CCC2)C1. The van der Waals surface area contributed by atoms with E-state index in [1.807, 2.05) is 0 Å². The highest BCUT2D eigenvalue weighted by Gasteiger charge is 2.33. The highest BCUT2D eigenvalue weighted by molar-refractivity contribution is 4.89. The molecule has 1 aliphatic heterocycles. The van der Waals surface area contributed by atoms with Crippen LogP contribution in [-0.4, -0.2) is 31.1 Å². The number of hydrogen-bond acceptors (Lipinski definition) is 2. The van der Waals surface area contributed by atoms with Crippen molar-refractivity contribution in [2.24, 2.45) is 17.6 Å². The second kappa shape index (κ2) is 3.35. The standard InChI is InChI=1S/C10H20N2/c1-12-6-5-9(7-12)10(11)8-3-2-4-8/h8-10H,2-7,11H2,1H3/t9-,10?/m1/s1. The number of likely N-dealkylation sites (tertiary alicyclic amines) is 1. The van der Waals surface area contributed by atoms with E-state index >= 15 is 0 Å². The fraction of sp³-hybridized carbons (Fsp3) is 1.00. The second-order valence-electron chi connectivity index (χ2n) is 4.58. The highest BCUT2D eigenvalue weighted by atomic mass is 15.1. The summed E-state index contributed by atoms with van der Waals surface area (Å²) in [5.41, 5.74) is 6.22. The number of nitrogens with two attached hydrogens (primary N) is 1. The largest absolute Gasteiger partial charge is 0.327 e. The minimum absolute atomic E-state index is 0.503. The topological polar surface area (TPSA) is 29.3 Å². The van der Waals surface area contributed by atoms with Crippen molar-refractivity contribution < 1.29 is 0 Å². The molecule has 2 atom stereocenters. The van der Waals surface area contributed by atoms with E-state index in [1.54, 1.807) is 0 Å². The second-order valence-corrected chi connectivity index (χ2v) is 4.58. The lowest BCUT2D eigenvalue weighted by atomic mass is 9.75. The van der Waals surface area contributed by atoms with Crippen LogP contribution in [0, 0.1) is 11.8 Å². The predicted molar refractivity (Wildman–Crippen MR) is 50.9 cm³/mol. The maximum Gasteiger partial charge on any atom is 0.0108 e. The third kappa shape index (κ3) is 1.50. The lowest BCUT2D eigenvalue weighted by Gasteiger charge is -2.34. The van der Waals surface area contributed by atoms with E-state index in [4.69, 9.17) is 5.73 Å². The van der Waals surface area contributed by atoms with Gasteiger partial charge in [0.05, 0.1) is 0 Å². The van der Waals surface area contributed by atoms with Gasteiger partial charge in [0.15, 0.2) is 0 Å². The third-order valence-electron chi connectivity index (χ3n) is 3.67. The number of rotatable bonds is 2. The van der Waals surface area contributed by atoms with E-state index in [0.717, 1.165) is 11.8 Å². The summed E-state index contributed by atoms with van der Waals surface area (Å²) in [5.74, 6) is 1.65. The Kier molecular flexibility index (Phi) is 2.37. The normalized spacial score (nSPS) is 35.0. The van der Waals surface area contributed by atoms with E-state index in [0.29, 0.717) is 6.04 Å². The van der Waals surface area contributed by atoms with Crippen LogP contribution in [0.25, 0.3) is 0 Å². The molecule has 2 nitrogen and oxygen atoms in total. The molecule has 1 unspecified atom stereocenters. The van der Waals surface area contributed by atoms with E-state index in [9.17, 15) is 0 Å². The molecule has 0 aromatic carbocycles. The van der Waals surface area contributed by atoms with Crippen LogP contribution in [0.2, 0.25) is 0 Å². The van der Waals surface area contributed by atoms with Gasteiger partial charge in [-0.3, -0.25) is 0 Å². The maximum absolute atomic E-state index is 6.22. The average Bonchev–Trinajstić information content (AvgIpc) is 2.31. The van der Waals surface area contributed by atoms with Gasteiger partial charge in [0, 0.05) is 12.6 Å². The van der Waals surface area contributed by atoms with Crippen LogP contribution in [-0.2, 0) is 0 Å². The Bertz CT molecular complexity index is 154. The Hall–Kier alpha value is -0.0800. The summed E-state index contributed by atoms with van der Waals surface area (Å²) in [7, 11) is 2.20. The molecule has 1 saturated carbocycles. The Morgan fingerprint density at radius 1 is 1.25 bits per heavy atom. The molecule has 2 aliphatic rings. The predicted octanol–water partition coefficient (Wildman–Crippen LogP) is 1.07. The van der Waals surface area contributed by atoms with Gasteiger partial charge in [0.1, 0.15) is 0 Å². The zero-order valence-electron chi connectivity index (χ0n) is 8.00. The molecule has 0 radical (unpaired) electrons. The molecule has 2 fully saturated rings. The van der Waals surface area contributed by atoms with Crippen molar-refractivity contribution in [3.63, 3.8) is 0 Å². The lowest BCUT2D eigenvalue weighted by molar-refractivity contribution is 0.208. The first kappa shape index (κ1) is 8.52. The van der Waals surface area contributed by atoms with Crippen molar-refractivity contribution in [3.8, 4) is 0 Å². The summed E-state index contributed by atoms with van der Waals surface area (Å²) < 4.78 is 0. The molecule has 0 bridgehead atoms. The Morgan fingerprint density at radius 2 is 2.00 bits per heavy atom. The third-order valence-corrected chi connectivity index (χ3v) is 3.67. The van der Waals surface area contributed by atoms with Crippen LogP contribution in [0.3, 0.4) is 0 Å². The summed E-state index contributed by atoms with van der Waals surface area (Å²) in [4.78, 5) is 2.41. The van der Waals surface area contributed by atoms with Gasteiger partial charge in [-0.25, -0.2) is 0 Å². The monoisotopic (exact) mass is 168 g/mol. The summed E-state index contributed by atoms with van der Waals surface area (Å²) in [6.45, 7) is 2.49. The van der Waals surface area contributed by atoms with Gasteiger partial charge >= 0.3 is 0 Å². The first-order valence-electron chi connectivity index (χ1n) is 5.21. The fourth-order valence-corrected chi connectivity index (χ4v) is 2.49. The Balaban J connectivity index is 1.83. The molecule has 2 heteroatoms. The molecule has 0 amide bonds. The molecule has 2 rings (SSSR count). The van der Waals surface area contributed by atoms with Gasteiger partial charge in [0.25, 0.3) is 0 Å². The van der Waals surface area contributed by atoms with Crippen molar-refractivity contribution in [3.05, 3.63) is 0 Å². The van der Waals surface area contributed by atoms with E-state index in [2.05, 4.69) is 11.9 Å². The molecule has 12 heavy (non-hydrogen) atoms. The smallest absolute Gasteiger partial charge is 0.0108 e. The molecule has 1 aliphatic carbocycles. The minimum atomic E-state index is 0.503. The molecule has 1 heterocycles. The van der Waals surface area contributed by atoms with Gasteiger partial charge in [-0.2, -0.15) is 0 Å². The lowest BCUT2D eigenvalue weighted by Crippen LogP contribution is -2.41. The van der Waals surface area contributed by atoms with Crippen LogP contribution in [0.15, 0.2) is 0 Å². The molecule has 1 saturated heterocycles. The van der Waals surface area contributed by atoms with Crippen molar-refractivity contribution in [1.82, 2.24) is 4.90 Å². The number of nitrogens with zero attached hydrogens (tertiary/aromatic N) is 1. The zero-order chi connectivity index (χ0) is 8.55. The first-order valence-corrected chi connectivity index (χ1v) is 5.21. The average molecular weight is 168 g/mol. The van der Waals surface area contributed by atoms with Gasteiger partial charge < -0.3 is 10.6 Å². The van der Waals surface area contributed by atoms with Gasteiger partial charge in [0.2, 0.25) is 0 Å². The zero-order valence-corrected chi connectivity index (χ0v) is 8.00. The van der Waals surface area contributed by atoms with Crippen LogP contribution >= 0.6 is 0 Å². The summed E-state index contributed by atoms with van der Waals surface area (Å²) in [6.07, 6.45) is 5.53. The summed E-state index contributed by atoms with van der Waals surface area (Å²) >= 11 is 0. The quantitative estimate of drug-likeness (QED) is 0.668. The molecule has 2 N–H and O–H groups in total. The van der Waals surface area contributed by atoms with Gasteiger partial charge in [-0.05, 0) is 44.7 Å². The van der Waals surface area contributed by atoms with Crippen molar-refractivity contribution in [2.45, 2.75) is 31.7 Å². The van der Waals surface area contributed by atoms with Crippen molar-refractivity contribution in [1.29, 1.82) is 0 Å². The molecular weight excluding hydrogens is 148 g/mol. The fourth-order valence-electron chi connectivity index (χ4n) is 2.49. The van der Waals surface area contributed by atoms with Crippen molar-refractivity contribution in [2.75, 3.05) is 20.1 Å². The van der Waals surface area contributed by atoms with Crippen LogP contribution < -0.4 is 5.73 Å². The van der Waals surface area contributed by atoms with E-state index < -0.39 is 0 Å². The van der Waals surface area contributed by atoms with Crippen molar-refractivity contribution >= 4 is 0 Å². The Morgan fingerprint density at radius 3 is 2.42 bits per heavy atom. The molecule has 0 spiro atoms. The first-order chi connectivity index (χ1) is 5.77. The number of hydrogen-bond donors (Lipinski definition) is 1. The van der Waals surface area contributed by atoms with Gasteiger partial charge in [-0.1, -0.05) is 6.42 Å². The molecule has 0 aromatic heterocycles. The summed E-state index contributed by atoms with van der Waals surface area (Å²) in [6, 6.07) is 0.503. The summed E-state index contributed by atoms with van der Waals surface area (Å²) in [5, 5.41) is 0. The van der Waals surface area contributed by atoms with Crippen LogP contribution in [0.1, 0.15) is 25.7 Å². The maximum atomic E-state index is 6.22. The molecular formula is C10H20N2. The Labute approximate surface area is 75.1 Å². The van der Waals surface area contributed by atoms with E-state index in [1.165, 1.54) is 38.8 Å². The van der Waals surface area contributed by atoms with Crippen LogP contribution in [0.5, 0.6) is 0 Å². The van der Waals surface area contributed by atoms with Gasteiger partial charge in [-0.15, -0.1) is 0 Å². The van der Waals surface area contributed by atoms with Crippen LogP contribution in [0.4, 0.5) is 0 Å².